The summed E-state index contributed by atoms with van der Waals surface area (Å²) in [6.07, 6.45) is 1.60. The molecule has 5 heteroatoms. The number of halogens is 2. The van der Waals surface area contributed by atoms with Crippen molar-refractivity contribution in [3.63, 3.8) is 0 Å². The molecule has 1 heterocycles. The fourth-order valence-electron chi connectivity index (χ4n) is 1.34. The van der Waals surface area contributed by atoms with Crippen LogP contribution in [0, 0.1) is 5.82 Å². The van der Waals surface area contributed by atoms with Crippen molar-refractivity contribution in [1.29, 1.82) is 0 Å². The van der Waals surface area contributed by atoms with Crippen molar-refractivity contribution in [2.75, 3.05) is 5.32 Å². The van der Waals surface area contributed by atoms with E-state index in [-0.39, 0.29) is 5.75 Å². The smallest absolute Gasteiger partial charge is 0.165 e. The average Bonchev–Trinajstić information content (AvgIpc) is 2.33. The van der Waals surface area contributed by atoms with Gasteiger partial charge >= 0.3 is 0 Å². The predicted molar refractivity (Wildman–Crippen MR) is 64.6 cm³/mol. The van der Waals surface area contributed by atoms with Crippen molar-refractivity contribution in [2.24, 2.45) is 0 Å². The number of rotatable bonds is 3. The van der Waals surface area contributed by atoms with E-state index in [1.54, 1.807) is 24.4 Å². The first-order valence-corrected chi connectivity index (χ1v) is 5.36. The molecule has 0 aliphatic rings. The van der Waals surface area contributed by atoms with Gasteiger partial charge in [0.1, 0.15) is 5.15 Å². The normalized spacial score (nSPS) is 10.2. The van der Waals surface area contributed by atoms with E-state index in [9.17, 15) is 4.39 Å². The van der Waals surface area contributed by atoms with Crippen LogP contribution in [-0.2, 0) is 6.54 Å². The van der Waals surface area contributed by atoms with Crippen LogP contribution in [-0.4, -0.2) is 10.1 Å². The molecular formula is C12H10ClFN2O. The Kier molecular flexibility index (Phi) is 3.44. The van der Waals surface area contributed by atoms with Gasteiger partial charge in [0.25, 0.3) is 0 Å². The van der Waals surface area contributed by atoms with Crippen LogP contribution in [0.25, 0.3) is 0 Å². The summed E-state index contributed by atoms with van der Waals surface area (Å²) in [6.45, 7) is 0.445. The van der Waals surface area contributed by atoms with Crippen LogP contribution < -0.4 is 5.32 Å². The maximum Gasteiger partial charge on any atom is 0.165 e. The first-order valence-electron chi connectivity index (χ1n) is 4.98. The number of aromatic nitrogens is 1. The van der Waals surface area contributed by atoms with Crippen LogP contribution in [0.5, 0.6) is 5.75 Å². The Hall–Kier alpha value is -1.81. The minimum atomic E-state index is -0.626. The summed E-state index contributed by atoms with van der Waals surface area (Å²) in [4.78, 5) is 3.91. The molecular weight excluding hydrogens is 243 g/mol. The number of phenols is 1. The maximum absolute atomic E-state index is 13.1. The van der Waals surface area contributed by atoms with E-state index in [1.165, 1.54) is 12.1 Å². The Balaban J connectivity index is 2.02. The summed E-state index contributed by atoms with van der Waals surface area (Å²) in [5, 5.41) is 12.5. The van der Waals surface area contributed by atoms with Gasteiger partial charge in [-0.05, 0) is 29.8 Å². The first kappa shape index (κ1) is 11.7. The molecule has 0 saturated carbocycles. The third-order valence-electron chi connectivity index (χ3n) is 2.24. The summed E-state index contributed by atoms with van der Waals surface area (Å²) in [7, 11) is 0. The van der Waals surface area contributed by atoms with Gasteiger partial charge in [0.15, 0.2) is 11.6 Å². The highest BCUT2D eigenvalue weighted by molar-refractivity contribution is 6.29. The molecule has 0 bridgehead atoms. The van der Waals surface area contributed by atoms with Gasteiger partial charge < -0.3 is 10.4 Å². The van der Waals surface area contributed by atoms with Gasteiger partial charge in [-0.2, -0.15) is 0 Å². The predicted octanol–water partition coefficient (Wildman–Crippen LogP) is 3.19. The second-order valence-electron chi connectivity index (χ2n) is 3.51. The Morgan fingerprint density at radius 1 is 1.29 bits per heavy atom. The van der Waals surface area contributed by atoms with Crippen LogP contribution in [0.1, 0.15) is 5.56 Å². The molecule has 0 amide bonds. The topological polar surface area (TPSA) is 45.1 Å². The Bertz CT molecular complexity index is 516. The summed E-state index contributed by atoms with van der Waals surface area (Å²) in [5.41, 5.74) is 1.53. The highest BCUT2D eigenvalue weighted by Gasteiger charge is 2.01. The third-order valence-corrected chi connectivity index (χ3v) is 2.46. The number of aromatic hydroxyl groups is 1. The summed E-state index contributed by atoms with van der Waals surface area (Å²) in [6, 6.07) is 7.71. The maximum atomic E-state index is 13.1. The van der Waals surface area contributed by atoms with E-state index >= 15 is 0 Å². The lowest BCUT2D eigenvalue weighted by molar-refractivity contribution is 0.432. The Labute approximate surface area is 103 Å². The number of benzene rings is 1. The van der Waals surface area contributed by atoms with Crippen molar-refractivity contribution in [1.82, 2.24) is 4.98 Å². The number of phenolic OH excluding ortho intramolecular Hbond substituents is 1. The molecule has 2 N–H and O–H groups in total. The van der Waals surface area contributed by atoms with Crippen molar-refractivity contribution >= 4 is 17.3 Å². The van der Waals surface area contributed by atoms with Crippen molar-refractivity contribution < 1.29 is 9.50 Å². The second kappa shape index (κ2) is 5.01. The minimum Gasteiger partial charge on any atom is -0.505 e. The molecule has 0 aliphatic heterocycles. The molecule has 0 fully saturated rings. The summed E-state index contributed by atoms with van der Waals surface area (Å²) >= 11 is 5.65. The molecule has 0 unspecified atom stereocenters. The van der Waals surface area contributed by atoms with Gasteiger partial charge in [0, 0.05) is 6.54 Å². The molecule has 0 aliphatic carbocycles. The van der Waals surface area contributed by atoms with E-state index in [0.29, 0.717) is 11.7 Å². The van der Waals surface area contributed by atoms with Crippen molar-refractivity contribution in [2.45, 2.75) is 6.54 Å². The quantitative estimate of drug-likeness (QED) is 0.825. The van der Waals surface area contributed by atoms with E-state index in [2.05, 4.69) is 10.3 Å². The zero-order chi connectivity index (χ0) is 12.3. The first-order chi connectivity index (χ1) is 8.15. The Morgan fingerprint density at radius 2 is 2.12 bits per heavy atom. The van der Waals surface area contributed by atoms with Crippen LogP contribution in [0.4, 0.5) is 10.1 Å². The monoisotopic (exact) mass is 252 g/mol. The molecule has 2 aromatic rings. The lowest BCUT2D eigenvalue weighted by Gasteiger charge is -2.06. The number of hydrogen-bond donors (Lipinski definition) is 2. The molecule has 3 nitrogen and oxygen atoms in total. The minimum absolute atomic E-state index is 0.345. The number of pyridine rings is 1. The highest BCUT2D eigenvalue weighted by atomic mass is 35.5. The van der Waals surface area contributed by atoms with Gasteiger partial charge in [-0.3, -0.25) is 0 Å². The van der Waals surface area contributed by atoms with E-state index in [0.717, 1.165) is 11.3 Å². The van der Waals surface area contributed by atoms with Crippen LogP contribution in [0.15, 0.2) is 36.5 Å². The second-order valence-corrected chi connectivity index (χ2v) is 3.90. The average molecular weight is 253 g/mol. The van der Waals surface area contributed by atoms with Crippen LogP contribution in [0.2, 0.25) is 5.15 Å². The molecule has 1 aromatic carbocycles. The van der Waals surface area contributed by atoms with E-state index < -0.39 is 5.82 Å². The Morgan fingerprint density at radius 3 is 2.76 bits per heavy atom. The molecule has 0 spiro atoms. The molecule has 2 rings (SSSR count). The van der Waals surface area contributed by atoms with Crippen LogP contribution >= 0.6 is 11.6 Å². The van der Waals surface area contributed by atoms with E-state index in [4.69, 9.17) is 16.7 Å². The van der Waals surface area contributed by atoms with Gasteiger partial charge in [0.05, 0.1) is 11.9 Å². The molecule has 0 radical (unpaired) electrons. The molecule has 0 saturated heterocycles. The summed E-state index contributed by atoms with van der Waals surface area (Å²) < 4.78 is 13.1. The zero-order valence-electron chi connectivity index (χ0n) is 8.82. The van der Waals surface area contributed by atoms with Crippen molar-refractivity contribution in [3.8, 4) is 5.75 Å². The standard InChI is InChI=1S/C12H10ClFN2O/c13-12-4-2-9(7-16-12)15-6-8-1-3-11(17)10(14)5-8/h1-5,7,15,17H,6H2. The fraction of sp³-hybridized carbons (Fsp3) is 0.0833. The van der Waals surface area contributed by atoms with Gasteiger partial charge in [-0.25, -0.2) is 9.37 Å². The lowest BCUT2D eigenvalue weighted by Crippen LogP contribution is -2.00. The SMILES string of the molecule is Oc1ccc(CNc2ccc(Cl)nc2)cc1F. The van der Waals surface area contributed by atoms with Gasteiger partial charge in [0.2, 0.25) is 0 Å². The number of nitrogens with zero attached hydrogens (tertiary/aromatic N) is 1. The molecule has 0 atom stereocenters. The van der Waals surface area contributed by atoms with Gasteiger partial charge in [-0.15, -0.1) is 0 Å². The number of nitrogens with one attached hydrogen (secondary N) is 1. The van der Waals surface area contributed by atoms with Gasteiger partial charge in [-0.1, -0.05) is 17.7 Å². The van der Waals surface area contributed by atoms with Crippen LogP contribution in [0.3, 0.4) is 0 Å². The fourth-order valence-corrected chi connectivity index (χ4v) is 1.46. The highest BCUT2D eigenvalue weighted by Crippen LogP contribution is 2.17. The lowest BCUT2D eigenvalue weighted by atomic mass is 10.2. The molecule has 1 aromatic heterocycles. The summed E-state index contributed by atoms with van der Waals surface area (Å²) in [5.74, 6) is -0.972. The number of hydrogen-bond acceptors (Lipinski definition) is 3. The van der Waals surface area contributed by atoms with Crippen molar-refractivity contribution in [3.05, 3.63) is 53.1 Å². The largest absolute Gasteiger partial charge is 0.505 e. The van der Waals surface area contributed by atoms with E-state index in [1.807, 2.05) is 0 Å². The third kappa shape index (κ3) is 3.07. The molecule has 88 valence electrons. The zero-order valence-corrected chi connectivity index (χ0v) is 9.58. The molecule has 17 heavy (non-hydrogen) atoms. The number of anilines is 1.